The molecule has 0 saturated heterocycles. The summed E-state index contributed by atoms with van der Waals surface area (Å²) in [7, 11) is 0. The van der Waals surface area contributed by atoms with Crippen LogP contribution >= 0.6 is 22.9 Å². The van der Waals surface area contributed by atoms with Crippen molar-refractivity contribution in [3.63, 3.8) is 0 Å². The Hall–Kier alpha value is -0.680. The molecule has 16 heavy (non-hydrogen) atoms. The maximum Gasteiger partial charge on any atom is 0.282 e. The molecule has 0 aromatic carbocycles. The van der Waals surface area contributed by atoms with E-state index in [1.807, 2.05) is 0 Å². The highest BCUT2D eigenvalue weighted by atomic mass is 35.5. The predicted octanol–water partition coefficient (Wildman–Crippen LogP) is 2.34. The van der Waals surface area contributed by atoms with E-state index in [0.717, 1.165) is 12.8 Å². The van der Waals surface area contributed by atoms with Crippen LogP contribution in [0.2, 0.25) is 0 Å². The molecule has 0 atom stereocenters. The lowest BCUT2D eigenvalue weighted by atomic mass is 9.95. The molecule has 4 nitrogen and oxygen atoms in total. The molecule has 2 rings (SSSR count). The number of alkyl halides is 1. The minimum absolute atomic E-state index is 0.110. The number of nitrogens with one attached hydrogen (secondary N) is 1. The SMILES string of the molecule is O=C(NC1CCCCC1)c1nnc(CCl)s1. The molecule has 1 heterocycles. The molecule has 0 radical (unpaired) electrons. The van der Waals surface area contributed by atoms with Gasteiger partial charge in [0.25, 0.3) is 5.91 Å². The van der Waals surface area contributed by atoms with Gasteiger partial charge in [-0.15, -0.1) is 21.8 Å². The van der Waals surface area contributed by atoms with E-state index in [2.05, 4.69) is 15.5 Å². The molecule has 1 saturated carbocycles. The fraction of sp³-hybridized carbons (Fsp3) is 0.700. The third kappa shape index (κ3) is 2.92. The fourth-order valence-corrected chi connectivity index (χ4v) is 2.70. The van der Waals surface area contributed by atoms with Crippen LogP contribution < -0.4 is 5.32 Å². The summed E-state index contributed by atoms with van der Waals surface area (Å²) in [5.74, 6) is 0.203. The van der Waals surface area contributed by atoms with Crippen molar-refractivity contribution >= 4 is 28.8 Å². The number of aromatic nitrogens is 2. The van der Waals surface area contributed by atoms with E-state index >= 15 is 0 Å². The van der Waals surface area contributed by atoms with Crippen molar-refractivity contribution in [3.05, 3.63) is 10.0 Å². The summed E-state index contributed by atoms with van der Waals surface area (Å²) < 4.78 is 0. The molecule has 1 aromatic rings. The number of rotatable bonds is 3. The molecule has 88 valence electrons. The summed E-state index contributed by atoms with van der Waals surface area (Å²) in [6, 6.07) is 0.310. The van der Waals surface area contributed by atoms with Gasteiger partial charge in [-0.1, -0.05) is 30.6 Å². The molecular formula is C10H14ClN3OS. The van der Waals surface area contributed by atoms with Gasteiger partial charge in [-0.25, -0.2) is 0 Å². The zero-order chi connectivity index (χ0) is 11.4. The zero-order valence-corrected chi connectivity index (χ0v) is 10.5. The van der Waals surface area contributed by atoms with Gasteiger partial charge in [-0.3, -0.25) is 4.79 Å². The summed E-state index contributed by atoms with van der Waals surface area (Å²) in [6.07, 6.45) is 5.84. The minimum Gasteiger partial charge on any atom is -0.347 e. The van der Waals surface area contributed by atoms with Gasteiger partial charge in [0.1, 0.15) is 5.01 Å². The van der Waals surface area contributed by atoms with Gasteiger partial charge in [0.15, 0.2) is 0 Å². The molecule has 1 aromatic heterocycles. The Morgan fingerprint density at radius 3 is 2.75 bits per heavy atom. The minimum atomic E-state index is -0.110. The molecule has 1 fully saturated rings. The Morgan fingerprint density at radius 2 is 2.12 bits per heavy atom. The van der Waals surface area contributed by atoms with E-state index in [0.29, 0.717) is 21.9 Å². The first kappa shape index (κ1) is 11.8. The number of hydrogen-bond acceptors (Lipinski definition) is 4. The normalized spacial score (nSPS) is 17.3. The highest BCUT2D eigenvalue weighted by Gasteiger charge is 2.19. The highest BCUT2D eigenvalue weighted by Crippen LogP contribution is 2.18. The van der Waals surface area contributed by atoms with Crippen LogP contribution in [0.15, 0.2) is 0 Å². The molecule has 6 heteroatoms. The van der Waals surface area contributed by atoms with Crippen LogP contribution in [0.25, 0.3) is 0 Å². The molecule has 1 aliphatic rings. The maximum absolute atomic E-state index is 11.8. The smallest absolute Gasteiger partial charge is 0.282 e. The second-order valence-electron chi connectivity index (χ2n) is 3.94. The van der Waals surface area contributed by atoms with Gasteiger partial charge in [-0.2, -0.15) is 0 Å². The summed E-state index contributed by atoms with van der Waals surface area (Å²) in [5, 5.41) is 11.8. The van der Waals surface area contributed by atoms with Crippen LogP contribution in [0.3, 0.4) is 0 Å². The monoisotopic (exact) mass is 259 g/mol. The number of hydrogen-bond donors (Lipinski definition) is 1. The van der Waals surface area contributed by atoms with Crippen LogP contribution in [0.5, 0.6) is 0 Å². The van der Waals surface area contributed by atoms with Crippen molar-refractivity contribution in [1.82, 2.24) is 15.5 Å². The summed E-state index contributed by atoms with van der Waals surface area (Å²) in [4.78, 5) is 11.8. The molecule has 1 amide bonds. The summed E-state index contributed by atoms with van der Waals surface area (Å²) >= 11 is 6.88. The molecule has 0 aliphatic heterocycles. The molecule has 0 bridgehead atoms. The lowest BCUT2D eigenvalue weighted by molar-refractivity contribution is 0.0926. The van der Waals surface area contributed by atoms with E-state index in [-0.39, 0.29) is 5.91 Å². The maximum atomic E-state index is 11.8. The number of carbonyl (C=O) groups is 1. The Morgan fingerprint density at radius 1 is 1.38 bits per heavy atom. The van der Waals surface area contributed by atoms with Crippen molar-refractivity contribution in [2.24, 2.45) is 0 Å². The molecule has 0 spiro atoms. The van der Waals surface area contributed by atoms with Crippen molar-refractivity contribution < 1.29 is 4.79 Å². The number of carbonyl (C=O) groups excluding carboxylic acids is 1. The van der Waals surface area contributed by atoms with E-state index in [4.69, 9.17) is 11.6 Å². The van der Waals surface area contributed by atoms with Crippen LogP contribution in [-0.4, -0.2) is 22.1 Å². The van der Waals surface area contributed by atoms with Crippen molar-refractivity contribution in [1.29, 1.82) is 0 Å². The Labute approximate surface area is 103 Å². The summed E-state index contributed by atoms with van der Waals surface area (Å²) in [6.45, 7) is 0. The Balaban J connectivity index is 1.91. The van der Waals surface area contributed by atoms with Crippen molar-refractivity contribution in [2.45, 2.75) is 44.0 Å². The van der Waals surface area contributed by atoms with Crippen LogP contribution in [0, 0.1) is 0 Å². The van der Waals surface area contributed by atoms with E-state index in [1.165, 1.54) is 30.6 Å². The van der Waals surface area contributed by atoms with Crippen molar-refractivity contribution in [2.75, 3.05) is 0 Å². The Kier molecular flexibility index (Phi) is 4.12. The van der Waals surface area contributed by atoms with E-state index in [1.54, 1.807) is 0 Å². The zero-order valence-electron chi connectivity index (χ0n) is 8.91. The van der Waals surface area contributed by atoms with Gasteiger partial charge < -0.3 is 5.32 Å². The summed E-state index contributed by atoms with van der Waals surface area (Å²) in [5.41, 5.74) is 0. The van der Waals surface area contributed by atoms with Crippen molar-refractivity contribution in [3.8, 4) is 0 Å². The van der Waals surface area contributed by atoms with Gasteiger partial charge in [0, 0.05) is 6.04 Å². The first-order valence-electron chi connectivity index (χ1n) is 5.49. The van der Waals surface area contributed by atoms with E-state index in [9.17, 15) is 4.79 Å². The van der Waals surface area contributed by atoms with E-state index < -0.39 is 0 Å². The second kappa shape index (κ2) is 5.59. The standard InChI is InChI=1S/C10H14ClN3OS/c11-6-8-13-14-10(16-8)9(15)12-7-4-2-1-3-5-7/h7H,1-6H2,(H,12,15). The molecule has 0 unspecified atom stereocenters. The average molecular weight is 260 g/mol. The van der Waals surface area contributed by atoms with Crippen LogP contribution in [0.1, 0.15) is 46.9 Å². The lowest BCUT2D eigenvalue weighted by Crippen LogP contribution is -2.36. The van der Waals surface area contributed by atoms with Crippen LogP contribution in [-0.2, 0) is 5.88 Å². The number of halogens is 1. The predicted molar refractivity (Wildman–Crippen MR) is 63.8 cm³/mol. The van der Waals surface area contributed by atoms with Gasteiger partial charge >= 0.3 is 0 Å². The largest absolute Gasteiger partial charge is 0.347 e. The number of amides is 1. The average Bonchev–Trinajstić information content (AvgIpc) is 2.79. The quantitative estimate of drug-likeness (QED) is 0.848. The first-order chi connectivity index (χ1) is 7.79. The third-order valence-electron chi connectivity index (χ3n) is 2.72. The third-order valence-corrected chi connectivity index (χ3v) is 4.05. The van der Waals surface area contributed by atoms with Gasteiger partial charge in [-0.05, 0) is 12.8 Å². The fourth-order valence-electron chi connectivity index (χ4n) is 1.89. The highest BCUT2D eigenvalue weighted by molar-refractivity contribution is 7.13. The molecule has 1 N–H and O–H groups in total. The second-order valence-corrected chi connectivity index (χ2v) is 5.27. The molecular weight excluding hydrogens is 246 g/mol. The number of nitrogens with zero attached hydrogens (tertiary/aromatic N) is 2. The molecule has 1 aliphatic carbocycles. The first-order valence-corrected chi connectivity index (χ1v) is 6.84. The topological polar surface area (TPSA) is 54.9 Å². The van der Waals surface area contributed by atoms with Gasteiger partial charge in [0.2, 0.25) is 5.01 Å². The van der Waals surface area contributed by atoms with Gasteiger partial charge in [0.05, 0.1) is 5.88 Å². The van der Waals surface area contributed by atoms with Crippen LogP contribution in [0.4, 0.5) is 0 Å². The lowest BCUT2D eigenvalue weighted by Gasteiger charge is -2.21. The Bertz CT molecular complexity index is 363.